The third-order valence-corrected chi connectivity index (χ3v) is 4.13. The zero-order valence-electron chi connectivity index (χ0n) is 9.97. The second kappa shape index (κ2) is 4.52. The molecule has 2 aliphatic rings. The molecule has 1 aromatic carbocycles. The Kier molecular flexibility index (Phi) is 2.87. The molecular weight excluding hydrogens is 212 g/mol. The normalized spacial score (nSPS) is 31.2. The van der Waals surface area contributed by atoms with Gasteiger partial charge in [0.05, 0.1) is 5.56 Å². The maximum atomic E-state index is 11.9. The fourth-order valence-electron chi connectivity index (χ4n) is 3.34. The second-order valence-corrected chi connectivity index (χ2v) is 5.41. The Morgan fingerprint density at radius 3 is 2.29 bits per heavy atom. The molecule has 3 atom stereocenters. The molecule has 2 nitrogen and oxygen atoms in total. The number of benzene rings is 1. The smallest absolute Gasteiger partial charge is 0.338 e. The van der Waals surface area contributed by atoms with Crippen LogP contribution in [0.5, 0.6) is 0 Å². The van der Waals surface area contributed by atoms with Crippen molar-refractivity contribution in [1.29, 1.82) is 0 Å². The summed E-state index contributed by atoms with van der Waals surface area (Å²) in [5, 5.41) is 0. The summed E-state index contributed by atoms with van der Waals surface area (Å²) in [6, 6.07) is 9.31. The first-order valence-electron chi connectivity index (χ1n) is 6.57. The Hall–Kier alpha value is -1.31. The van der Waals surface area contributed by atoms with Crippen molar-refractivity contribution >= 4 is 5.97 Å². The number of ether oxygens (including phenoxy) is 1. The minimum absolute atomic E-state index is 0.156. The van der Waals surface area contributed by atoms with Gasteiger partial charge in [0.1, 0.15) is 6.10 Å². The largest absolute Gasteiger partial charge is 0.459 e. The summed E-state index contributed by atoms with van der Waals surface area (Å²) in [5.74, 6) is 1.46. The standard InChI is InChI=1S/C15H18O2/c16-15(13-4-2-1-3-5-13)17-14-9-11-6-7-12(8-11)10-14/h1-5,11-12,14H,6-10H2/t11-,12+,14-. The average Bonchev–Trinajstić information content (AvgIpc) is 2.70. The van der Waals surface area contributed by atoms with Gasteiger partial charge in [-0.05, 0) is 43.2 Å². The van der Waals surface area contributed by atoms with E-state index in [-0.39, 0.29) is 12.1 Å². The first-order chi connectivity index (χ1) is 8.31. The number of carbonyl (C=O) groups excluding carboxylic acids is 1. The molecule has 0 saturated heterocycles. The maximum Gasteiger partial charge on any atom is 0.338 e. The van der Waals surface area contributed by atoms with Crippen molar-refractivity contribution in [1.82, 2.24) is 0 Å². The molecule has 2 heteroatoms. The fraction of sp³-hybridized carbons (Fsp3) is 0.533. The highest BCUT2D eigenvalue weighted by atomic mass is 16.5. The van der Waals surface area contributed by atoms with Crippen LogP contribution in [0.2, 0.25) is 0 Å². The lowest BCUT2D eigenvalue weighted by atomic mass is 9.87. The van der Waals surface area contributed by atoms with Gasteiger partial charge in [0, 0.05) is 0 Å². The highest BCUT2D eigenvalue weighted by molar-refractivity contribution is 5.89. The monoisotopic (exact) mass is 230 g/mol. The van der Waals surface area contributed by atoms with E-state index < -0.39 is 0 Å². The Bertz CT molecular complexity index is 387. The molecule has 2 saturated carbocycles. The maximum absolute atomic E-state index is 11.9. The van der Waals surface area contributed by atoms with Gasteiger partial charge in [-0.15, -0.1) is 0 Å². The quantitative estimate of drug-likeness (QED) is 0.728. The summed E-state index contributed by atoms with van der Waals surface area (Å²) in [6.45, 7) is 0. The summed E-state index contributed by atoms with van der Waals surface area (Å²) in [6.07, 6.45) is 6.35. The molecule has 2 aliphatic carbocycles. The lowest BCUT2D eigenvalue weighted by molar-refractivity contribution is 0.0127. The molecule has 0 unspecified atom stereocenters. The molecule has 0 aromatic heterocycles. The summed E-state index contributed by atoms with van der Waals surface area (Å²) in [5.41, 5.74) is 0.672. The van der Waals surface area contributed by atoms with Crippen LogP contribution in [0.1, 0.15) is 42.5 Å². The molecule has 0 spiro atoms. The van der Waals surface area contributed by atoms with E-state index in [0.717, 1.165) is 24.7 Å². The topological polar surface area (TPSA) is 26.3 Å². The van der Waals surface area contributed by atoms with Crippen LogP contribution in [-0.4, -0.2) is 12.1 Å². The van der Waals surface area contributed by atoms with Crippen molar-refractivity contribution in [2.24, 2.45) is 11.8 Å². The van der Waals surface area contributed by atoms with Crippen LogP contribution < -0.4 is 0 Å². The number of hydrogen-bond donors (Lipinski definition) is 0. The fourth-order valence-corrected chi connectivity index (χ4v) is 3.34. The van der Waals surface area contributed by atoms with Gasteiger partial charge in [-0.1, -0.05) is 31.0 Å². The van der Waals surface area contributed by atoms with Crippen molar-refractivity contribution in [2.75, 3.05) is 0 Å². The Morgan fingerprint density at radius 2 is 1.65 bits per heavy atom. The van der Waals surface area contributed by atoms with Crippen molar-refractivity contribution in [3.05, 3.63) is 35.9 Å². The summed E-state index contributed by atoms with van der Waals surface area (Å²) in [4.78, 5) is 11.9. The van der Waals surface area contributed by atoms with Crippen molar-refractivity contribution in [3.8, 4) is 0 Å². The van der Waals surface area contributed by atoms with E-state index >= 15 is 0 Å². The molecule has 0 amide bonds. The van der Waals surface area contributed by atoms with Crippen molar-refractivity contribution < 1.29 is 9.53 Å². The predicted molar refractivity (Wildman–Crippen MR) is 65.7 cm³/mol. The number of carbonyl (C=O) groups is 1. The van der Waals surface area contributed by atoms with Gasteiger partial charge in [0.15, 0.2) is 0 Å². The first-order valence-corrected chi connectivity index (χ1v) is 6.57. The predicted octanol–water partition coefficient (Wildman–Crippen LogP) is 3.42. The summed E-state index contributed by atoms with van der Waals surface area (Å²) >= 11 is 0. The van der Waals surface area contributed by atoms with Crippen LogP contribution >= 0.6 is 0 Å². The molecule has 2 bridgehead atoms. The van der Waals surface area contributed by atoms with Crippen LogP contribution in [-0.2, 0) is 4.74 Å². The Morgan fingerprint density at radius 1 is 1.00 bits per heavy atom. The molecule has 2 fully saturated rings. The van der Waals surface area contributed by atoms with Crippen LogP contribution in [0.15, 0.2) is 30.3 Å². The lowest BCUT2D eigenvalue weighted by Gasteiger charge is -2.27. The summed E-state index contributed by atoms with van der Waals surface area (Å²) < 4.78 is 5.62. The number of hydrogen-bond acceptors (Lipinski definition) is 2. The van der Waals surface area contributed by atoms with Gasteiger partial charge in [0.25, 0.3) is 0 Å². The van der Waals surface area contributed by atoms with E-state index in [1.54, 1.807) is 0 Å². The van der Waals surface area contributed by atoms with E-state index in [4.69, 9.17) is 4.74 Å². The minimum atomic E-state index is -0.156. The number of esters is 1. The lowest BCUT2D eigenvalue weighted by Crippen LogP contribution is -2.26. The van der Waals surface area contributed by atoms with Gasteiger partial charge in [-0.2, -0.15) is 0 Å². The van der Waals surface area contributed by atoms with E-state index in [2.05, 4.69) is 0 Å². The molecule has 0 radical (unpaired) electrons. The van der Waals surface area contributed by atoms with E-state index in [1.807, 2.05) is 30.3 Å². The third-order valence-electron chi connectivity index (χ3n) is 4.13. The van der Waals surface area contributed by atoms with Crippen molar-refractivity contribution in [2.45, 2.75) is 38.2 Å². The second-order valence-electron chi connectivity index (χ2n) is 5.41. The van der Waals surface area contributed by atoms with Crippen LogP contribution in [0.25, 0.3) is 0 Å². The van der Waals surface area contributed by atoms with Gasteiger partial charge < -0.3 is 4.74 Å². The molecule has 0 heterocycles. The first kappa shape index (κ1) is 10.8. The Labute approximate surface area is 102 Å². The van der Waals surface area contributed by atoms with Gasteiger partial charge in [-0.3, -0.25) is 0 Å². The van der Waals surface area contributed by atoms with Crippen molar-refractivity contribution in [3.63, 3.8) is 0 Å². The number of fused-ring (bicyclic) bond motifs is 2. The molecule has 0 aliphatic heterocycles. The van der Waals surface area contributed by atoms with Gasteiger partial charge >= 0.3 is 5.97 Å². The molecule has 3 rings (SSSR count). The highest BCUT2D eigenvalue weighted by Gasteiger charge is 2.35. The molecule has 17 heavy (non-hydrogen) atoms. The van der Waals surface area contributed by atoms with Crippen LogP contribution in [0.4, 0.5) is 0 Å². The number of rotatable bonds is 2. The Balaban J connectivity index is 1.62. The highest BCUT2D eigenvalue weighted by Crippen LogP contribution is 2.43. The minimum Gasteiger partial charge on any atom is -0.459 e. The van der Waals surface area contributed by atoms with E-state index in [1.165, 1.54) is 19.3 Å². The van der Waals surface area contributed by atoms with Crippen LogP contribution in [0.3, 0.4) is 0 Å². The molecule has 1 aromatic rings. The van der Waals surface area contributed by atoms with Crippen LogP contribution in [0, 0.1) is 11.8 Å². The molecular formula is C15H18O2. The van der Waals surface area contributed by atoms with E-state index in [0.29, 0.717) is 5.56 Å². The van der Waals surface area contributed by atoms with E-state index in [9.17, 15) is 4.79 Å². The molecule has 0 N–H and O–H groups in total. The van der Waals surface area contributed by atoms with Gasteiger partial charge in [-0.25, -0.2) is 4.79 Å². The zero-order valence-corrected chi connectivity index (χ0v) is 9.97. The van der Waals surface area contributed by atoms with Gasteiger partial charge in [0.2, 0.25) is 0 Å². The zero-order chi connectivity index (χ0) is 11.7. The third kappa shape index (κ3) is 2.36. The SMILES string of the molecule is O=C(O[C@@H]1C[C@@H]2CC[C@@H](C2)C1)c1ccccc1. The summed E-state index contributed by atoms with van der Waals surface area (Å²) in [7, 11) is 0. The average molecular weight is 230 g/mol. The molecule has 90 valence electrons.